The Morgan fingerprint density at radius 2 is 1.66 bits per heavy atom. The topological polar surface area (TPSA) is 150 Å². The second-order valence-corrected chi connectivity index (χ2v) is 10.4. The summed E-state index contributed by atoms with van der Waals surface area (Å²) in [5.41, 5.74) is 3.40. The highest BCUT2D eigenvalue weighted by atomic mass is 35.5. The first-order valence-electron chi connectivity index (χ1n) is 13.9. The summed E-state index contributed by atoms with van der Waals surface area (Å²) in [6.45, 7) is 3.80. The zero-order valence-electron chi connectivity index (χ0n) is 23.7. The molecule has 0 atom stereocenters. The summed E-state index contributed by atoms with van der Waals surface area (Å²) in [5, 5.41) is 22.4. The Morgan fingerprint density at radius 1 is 0.977 bits per heavy atom. The molecular formula is C31H32ClFN6O5. The van der Waals surface area contributed by atoms with E-state index in [0.717, 1.165) is 55.0 Å². The fraction of sp³-hybridized carbons (Fsp3) is 0.258. The molecule has 1 fully saturated rings. The van der Waals surface area contributed by atoms with Gasteiger partial charge in [-0.25, -0.2) is 23.9 Å². The number of benzene rings is 2. The summed E-state index contributed by atoms with van der Waals surface area (Å²) in [7, 11) is 0. The van der Waals surface area contributed by atoms with E-state index in [1.165, 1.54) is 12.1 Å². The van der Waals surface area contributed by atoms with Crippen molar-refractivity contribution in [2.75, 3.05) is 31.5 Å². The second kappa shape index (κ2) is 15.6. The number of nitrogens with zero attached hydrogens (tertiary/aromatic N) is 4. The van der Waals surface area contributed by atoms with Gasteiger partial charge in [-0.3, -0.25) is 4.79 Å². The van der Waals surface area contributed by atoms with Crippen LogP contribution in [0.25, 0.3) is 11.0 Å². The first kappa shape index (κ1) is 32.1. The van der Waals surface area contributed by atoms with Crippen molar-refractivity contribution in [2.24, 2.45) is 0 Å². The third-order valence-electron chi connectivity index (χ3n) is 6.92. The van der Waals surface area contributed by atoms with E-state index in [9.17, 15) is 18.8 Å². The largest absolute Gasteiger partial charge is 0.478 e. The molecule has 2 aromatic carbocycles. The van der Waals surface area contributed by atoms with Gasteiger partial charge in [0, 0.05) is 50.6 Å². The summed E-state index contributed by atoms with van der Waals surface area (Å²) in [5.74, 6) is -2.12. The molecule has 1 amide bonds. The molecule has 0 unspecified atom stereocenters. The van der Waals surface area contributed by atoms with E-state index in [1.807, 2.05) is 30.3 Å². The van der Waals surface area contributed by atoms with Crippen molar-refractivity contribution in [3.05, 3.63) is 101 Å². The van der Waals surface area contributed by atoms with Crippen molar-refractivity contribution in [1.29, 1.82) is 0 Å². The van der Waals surface area contributed by atoms with E-state index < -0.39 is 11.9 Å². The molecule has 4 aromatic rings. The number of hydrogen-bond donors (Lipinski definition) is 4. The highest BCUT2D eigenvalue weighted by Crippen LogP contribution is 2.24. The number of pyridine rings is 1. The van der Waals surface area contributed by atoms with Crippen LogP contribution in [0, 0.1) is 5.82 Å². The molecule has 0 spiro atoms. The number of rotatable bonds is 10. The Balaban J connectivity index is 0.000000488. The maximum Gasteiger partial charge on any atom is 0.328 e. The van der Waals surface area contributed by atoms with Gasteiger partial charge < -0.3 is 30.3 Å². The lowest BCUT2D eigenvalue weighted by Gasteiger charge is -2.32. The van der Waals surface area contributed by atoms with Crippen molar-refractivity contribution in [3.8, 4) is 0 Å². The van der Waals surface area contributed by atoms with Crippen LogP contribution in [-0.2, 0) is 16.1 Å². The lowest BCUT2D eigenvalue weighted by Crippen LogP contribution is -2.43. The first-order chi connectivity index (χ1) is 21.2. The summed E-state index contributed by atoms with van der Waals surface area (Å²) in [4.78, 5) is 42.6. The normalized spacial score (nSPS) is 13.8. The number of halogens is 2. The standard InChI is InChI=1S/C27H28ClFN6O.C4H4O4/c28-25-22(4-3-13-30-25)26(36)31-14-17-34-15-11-21(12-16-34)32-27-33-23-5-1-2-6-24(23)35(27)18-19-7-9-20(29)10-8-19;5-3(6)1-2-4(7)8/h1-10,13,21H,11-12,14-18H2,(H,31,36)(H,32,33);1-2H,(H,5,6)(H,7,8)/b;2-1+. The van der Waals surface area contributed by atoms with E-state index in [4.69, 9.17) is 26.8 Å². The van der Waals surface area contributed by atoms with Crippen molar-refractivity contribution in [1.82, 2.24) is 24.8 Å². The molecule has 0 radical (unpaired) electrons. The van der Waals surface area contributed by atoms with Crippen LogP contribution >= 0.6 is 11.6 Å². The van der Waals surface area contributed by atoms with Crippen molar-refractivity contribution in [2.45, 2.75) is 25.4 Å². The molecule has 0 saturated carbocycles. The van der Waals surface area contributed by atoms with Crippen molar-refractivity contribution < 1.29 is 29.0 Å². The number of carboxylic acids is 2. The molecule has 13 heteroatoms. The SMILES string of the molecule is O=C(NCCN1CCC(Nc2nc3ccccc3n2Cc2ccc(F)cc2)CC1)c1cccnc1Cl.O=C(O)/C=C/C(=O)O. The third-order valence-corrected chi connectivity index (χ3v) is 7.22. The molecular weight excluding hydrogens is 591 g/mol. The Kier molecular flexibility index (Phi) is 11.4. The van der Waals surface area contributed by atoms with Crippen LogP contribution < -0.4 is 10.6 Å². The predicted molar refractivity (Wildman–Crippen MR) is 164 cm³/mol. The van der Waals surface area contributed by atoms with Gasteiger partial charge in [0.15, 0.2) is 0 Å². The van der Waals surface area contributed by atoms with E-state index in [2.05, 4.69) is 31.2 Å². The molecule has 3 heterocycles. The second-order valence-electron chi connectivity index (χ2n) is 10.0. The number of anilines is 1. The molecule has 1 aliphatic rings. The average Bonchev–Trinajstić information content (AvgIpc) is 3.35. The maximum absolute atomic E-state index is 13.4. The van der Waals surface area contributed by atoms with Gasteiger partial charge in [0.05, 0.1) is 23.1 Å². The van der Waals surface area contributed by atoms with Crippen LogP contribution in [0.3, 0.4) is 0 Å². The van der Waals surface area contributed by atoms with Crippen LogP contribution in [0.15, 0.2) is 79.0 Å². The van der Waals surface area contributed by atoms with E-state index in [1.54, 1.807) is 18.3 Å². The fourth-order valence-electron chi connectivity index (χ4n) is 4.72. The highest BCUT2D eigenvalue weighted by Gasteiger charge is 2.22. The summed E-state index contributed by atoms with van der Waals surface area (Å²) in [6.07, 6.45) is 4.63. The molecule has 4 N–H and O–H groups in total. The molecule has 5 rings (SSSR count). The van der Waals surface area contributed by atoms with Crippen LogP contribution in [-0.4, -0.2) is 79.7 Å². The number of imidazole rings is 1. The average molecular weight is 623 g/mol. The number of hydrogen-bond acceptors (Lipinski definition) is 7. The summed E-state index contributed by atoms with van der Waals surface area (Å²) in [6, 6.07) is 18.3. The monoisotopic (exact) mass is 622 g/mol. The minimum absolute atomic E-state index is 0.204. The van der Waals surface area contributed by atoms with Crippen molar-refractivity contribution in [3.63, 3.8) is 0 Å². The number of nitrogens with one attached hydrogen (secondary N) is 2. The van der Waals surface area contributed by atoms with Crippen molar-refractivity contribution >= 4 is 46.4 Å². The molecule has 1 saturated heterocycles. The quantitative estimate of drug-likeness (QED) is 0.150. The molecule has 2 aromatic heterocycles. The number of para-hydroxylation sites is 2. The van der Waals surface area contributed by atoms with Gasteiger partial charge in [-0.05, 0) is 54.8 Å². The van der Waals surface area contributed by atoms with Gasteiger partial charge in [0.1, 0.15) is 11.0 Å². The van der Waals surface area contributed by atoms with Crippen LogP contribution in [0.2, 0.25) is 5.15 Å². The predicted octanol–water partition coefficient (Wildman–Crippen LogP) is 4.29. The summed E-state index contributed by atoms with van der Waals surface area (Å²) >= 11 is 6.01. The van der Waals surface area contributed by atoms with Crippen LogP contribution in [0.5, 0.6) is 0 Å². The molecule has 230 valence electrons. The zero-order chi connectivity index (χ0) is 31.5. The Hall–Kier alpha value is -4.81. The van der Waals surface area contributed by atoms with E-state index >= 15 is 0 Å². The number of carbonyl (C=O) groups excluding carboxylic acids is 1. The number of aromatic nitrogens is 3. The van der Waals surface area contributed by atoms with Gasteiger partial charge in [-0.15, -0.1) is 0 Å². The van der Waals surface area contributed by atoms with E-state index in [0.29, 0.717) is 36.8 Å². The smallest absolute Gasteiger partial charge is 0.328 e. The van der Waals surface area contributed by atoms with E-state index in [-0.39, 0.29) is 16.9 Å². The molecule has 11 nitrogen and oxygen atoms in total. The maximum atomic E-state index is 13.4. The number of carbonyl (C=O) groups is 3. The Labute approximate surface area is 258 Å². The fourth-order valence-corrected chi connectivity index (χ4v) is 4.93. The minimum atomic E-state index is -1.26. The number of amides is 1. The minimum Gasteiger partial charge on any atom is -0.478 e. The lowest BCUT2D eigenvalue weighted by atomic mass is 10.1. The number of fused-ring (bicyclic) bond motifs is 1. The Morgan fingerprint density at radius 3 is 2.32 bits per heavy atom. The molecule has 44 heavy (non-hydrogen) atoms. The van der Waals surface area contributed by atoms with Gasteiger partial charge in [-0.2, -0.15) is 0 Å². The highest BCUT2D eigenvalue weighted by molar-refractivity contribution is 6.32. The third kappa shape index (κ3) is 9.35. The van der Waals surface area contributed by atoms with Crippen LogP contribution in [0.1, 0.15) is 28.8 Å². The molecule has 0 aliphatic carbocycles. The van der Waals surface area contributed by atoms with Gasteiger partial charge in [-0.1, -0.05) is 35.9 Å². The van der Waals surface area contributed by atoms with Gasteiger partial charge >= 0.3 is 11.9 Å². The first-order valence-corrected chi connectivity index (χ1v) is 14.3. The Bertz CT molecular complexity index is 1600. The number of aliphatic carboxylic acids is 2. The van der Waals surface area contributed by atoms with Crippen LogP contribution in [0.4, 0.5) is 10.3 Å². The number of piperidine rings is 1. The zero-order valence-corrected chi connectivity index (χ0v) is 24.5. The lowest BCUT2D eigenvalue weighted by molar-refractivity contribution is -0.134. The van der Waals surface area contributed by atoms with Gasteiger partial charge in [0.2, 0.25) is 5.95 Å². The number of likely N-dealkylation sites (tertiary alicyclic amines) is 1. The van der Waals surface area contributed by atoms with Gasteiger partial charge in [0.25, 0.3) is 5.91 Å². The summed E-state index contributed by atoms with van der Waals surface area (Å²) < 4.78 is 15.5. The number of carboxylic acid groups (broad SMARTS) is 2. The molecule has 1 aliphatic heterocycles. The molecule has 0 bridgehead atoms.